The number of hydrogen-bond acceptors (Lipinski definition) is 2. The van der Waals surface area contributed by atoms with Crippen molar-refractivity contribution in [2.24, 2.45) is 5.92 Å². The summed E-state index contributed by atoms with van der Waals surface area (Å²) in [6.45, 7) is 4.65. The summed E-state index contributed by atoms with van der Waals surface area (Å²) in [6.07, 6.45) is 7.49. The van der Waals surface area contributed by atoms with Gasteiger partial charge in [0.1, 0.15) is 0 Å². The molecule has 39 heavy (non-hydrogen) atoms. The third-order valence-corrected chi connectivity index (χ3v) is 9.80. The van der Waals surface area contributed by atoms with Crippen LogP contribution in [0.5, 0.6) is 0 Å². The van der Waals surface area contributed by atoms with Gasteiger partial charge in [-0.1, -0.05) is 97.5 Å². The minimum Gasteiger partial charge on any atom is -0.313 e. The van der Waals surface area contributed by atoms with E-state index in [1.807, 2.05) is 31.3 Å². The van der Waals surface area contributed by atoms with E-state index in [9.17, 15) is 0 Å². The largest absolute Gasteiger partial charge is 0.313 e. The molecule has 1 unspecified atom stereocenters. The van der Waals surface area contributed by atoms with Crippen LogP contribution in [0, 0.1) is 5.92 Å². The predicted octanol–water partition coefficient (Wildman–Crippen LogP) is 9.92. The highest BCUT2D eigenvalue weighted by Gasteiger charge is 2.46. The van der Waals surface area contributed by atoms with E-state index in [4.69, 9.17) is 34.8 Å². The van der Waals surface area contributed by atoms with Crippen LogP contribution in [0.15, 0.2) is 66.7 Å². The zero-order chi connectivity index (χ0) is 28.2. The Kier molecular flexibility index (Phi) is 10.5. The standard InChI is InChI=1S/C17H17Cl2N.C17H26ClN/c1-20-17-9-7-12(13-4-2-3-5-14(13)17)11-6-8-15(18)16(19)10-11;1-13(2)12-16(19(3)4)17(10-5-11-17)14-6-8-15(18)9-7-14/h2-6,8,10,12,17,20H,7,9H2,1H3;6-9,13,16H,5,10-12H2,1-4H3/t12-,17-;/m0./s1. The molecule has 5 rings (SSSR count). The van der Waals surface area contributed by atoms with Crippen LogP contribution in [0.2, 0.25) is 15.1 Å². The maximum absolute atomic E-state index is 6.17. The van der Waals surface area contributed by atoms with E-state index in [1.165, 1.54) is 47.9 Å². The van der Waals surface area contributed by atoms with E-state index in [1.54, 1.807) is 0 Å². The van der Waals surface area contributed by atoms with Gasteiger partial charge in [0.2, 0.25) is 0 Å². The number of likely N-dealkylation sites (N-methyl/N-ethyl adjacent to an activating group) is 1. The van der Waals surface area contributed by atoms with Crippen molar-refractivity contribution in [1.29, 1.82) is 0 Å². The highest BCUT2D eigenvalue weighted by molar-refractivity contribution is 6.42. The van der Waals surface area contributed by atoms with Crippen molar-refractivity contribution in [3.05, 3.63) is 104 Å². The molecule has 0 aromatic heterocycles. The van der Waals surface area contributed by atoms with Crippen LogP contribution in [-0.4, -0.2) is 32.1 Å². The quantitative estimate of drug-likeness (QED) is 0.297. The van der Waals surface area contributed by atoms with Crippen molar-refractivity contribution in [3.8, 4) is 0 Å². The molecule has 210 valence electrons. The molecule has 0 aliphatic heterocycles. The van der Waals surface area contributed by atoms with Gasteiger partial charge >= 0.3 is 0 Å². The molecule has 5 heteroatoms. The summed E-state index contributed by atoms with van der Waals surface area (Å²) in [7, 11) is 6.48. The van der Waals surface area contributed by atoms with Crippen molar-refractivity contribution in [1.82, 2.24) is 10.2 Å². The fourth-order valence-electron chi connectivity index (χ4n) is 6.70. The Morgan fingerprint density at radius 3 is 2.08 bits per heavy atom. The normalized spacial score (nSPS) is 20.6. The lowest BCUT2D eigenvalue weighted by Gasteiger charge is -2.51. The van der Waals surface area contributed by atoms with E-state index in [-0.39, 0.29) is 0 Å². The first kappa shape index (κ1) is 30.4. The number of nitrogens with one attached hydrogen (secondary N) is 1. The van der Waals surface area contributed by atoms with E-state index >= 15 is 0 Å². The summed E-state index contributed by atoms with van der Waals surface area (Å²) in [4.78, 5) is 2.42. The van der Waals surface area contributed by atoms with E-state index < -0.39 is 0 Å². The van der Waals surface area contributed by atoms with E-state index in [0.29, 0.717) is 33.5 Å². The van der Waals surface area contributed by atoms with Crippen molar-refractivity contribution in [3.63, 3.8) is 0 Å². The number of hydrogen-bond donors (Lipinski definition) is 1. The number of nitrogens with zero attached hydrogens (tertiary/aromatic N) is 1. The minimum absolute atomic E-state index is 0.346. The molecule has 1 N–H and O–H groups in total. The molecule has 2 aliphatic carbocycles. The van der Waals surface area contributed by atoms with Gasteiger partial charge in [-0.2, -0.15) is 0 Å². The number of halogens is 3. The van der Waals surface area contributed by atoms with Gasteiger partial charge in [-0.3, -0.25) is 0 Å². The van der Waals surface area contributed by atoms with Gasteiger partial charge < -0.3 is 10.2 Å². The fraction of sp³-hybridized carbons (Fsp3) is 0.471. The number of fused-ring (bicyclic) bond motifs is 1. The summed E-state index contributed by atoms with van der Waals surface area (Å²) in [5, 5.41) is 5.50. The molecule has 3 atom stereocenters. The average Bonchev–Trinajstić information content (AvgIpc) is 2.89. The Bertz CT molecular complexity index is 1220. The molecular formula is C34H43Cl3N2. The summed E-state index contributed by atoms with van der Waals surface area (Å²) in [5.41, 5.74) is 5.87. The molecule has 0 radical (unpaired) electrons. The van der Waals surface area contributed by atoms with Crippen molar-refractivity contribution >= 4 is 34.8 Å². The van der Waals surface area contributed by atoms with E-state index in [0.717, 1.165) is 23.8 Å². The average molecular weight is 586 g/mol. The summed E-state index contributed by atoms with van der Waals surface area (Å²) in [5.74, 6) is 1.14. The Hall–Kier alpha value is -1.55. The monoisotopic (exact) mass is 584 g/mol. The Labute approximate surface area is 251 Å². The molecule has 2 nitrogen and oxygen atoms in total. The Morgan fingerprint density at radius 1 is 0.872 bits per heavy atom. The van der Waals surface area contributed by atoms with Crippen molar-refractivity contribution in [2.75, 3.05) is 21.1 Å². The molecule has 1 saturated carbocycles. The van der Waals surface area contributed by atoms with Crippen LogP contribution in [0.1, 0.15) is 86.6 Å². The van der Waals surface area contributed by atoms with Gasteiger partial charge in [-0.15, -0.1) is 0 Å². The van der Waals surface area contributed by atoms with Crippen LogP contribution >= 0.6 is 34.8 Å². The highest BCUT2D eigenvalue weighted by atomic mass is 35.5. The Morgan fingerprint density at radius 2 is 1.54 bits per heavy atom. The molecule has 0 heterocycles. The summed E-state index contributed by atoms with van der Waals surface area (Å²) < 4.78 is 0. The molecular weight excluding hydrogens is 543 g/mol. The second kappa shape index (κ2) is 13.4. The van der Waals surface area contributed by atoms with Crippen molar-refractivity contribution < 1.29 is 0 Å². The molecule has 0 spiro atoms. The lowest BCUT2D eigenvalue weighted by Crippen LogP contribution is -2.52. The van der Waals surface area contributed by atoms with Crippen LogP contribution in [0.25, 0.3) is 0 Å². The zero-order valence-corrected chi connectivity index (χ0v) is 26.3. The van der Waals surface area contributed by atoms with E-state index in [2.05, 4.69) is 80.6 Å². The number of rotatable bonds is 7. The topological polar surface area (TPSA) is 15.3 Å². The highest BCUT2D eigenvalue weighted by Crippen LogP contribution is 2.49. The smallest absolute Gasteiger partial charge is 0.0595 e. The number of benzene rings is 3. The SMILES string of the molecule is CC(C)CC(N(C)C)C1(c2ccc(Cl)cc2)CCC1.CN[C@H]1CC[C@@H](c2ccc(Cl)c(Cl)c2)c2ccccc21. The molecule has 0 saturated heterocycles. The predicted molar refractivity (Wildman–Crippen MR) is 170 cm³/mol. The van der Waals surface area contributed by atoms with Crippen LogP contribution in [0.4, 0.5) is 0 Å². The van der Waals surface area contributed by atoms with Crippen molar-refractivity contribution in [2.45, 2.75) is 75.8 Å². The maximum Gasteiger partial charge on any atom is 0.0595 e. The van der Waals surface area contributed by atoms with Gasteiger partial charge in [-0.25, -0.2) is 0 Å². The lowest BCUT2D eigenvalue weighted by molar-refractivity contribution is 0.0808. The summed E-state index contributed by atoms with van der Waals surface area (Å²) in [6, 6.07) is 24.3. The van der Waals surface area contributed by atoms with Gasteiger partial charge in [0.15, 0.2) is 0 Å². The van der Waals surface area contributed by atoms with Gasteiger partial charge in [0, 0.05) is 28.4 Å². The summed E-state index contributed by atoms with van der Waals surface area (Å²) >= 11 is 18.2. The molecule has 1 fully saturated rings. The van der Waals surface area contributed by atoms with Crippen LogP contribution in [-0.2, 0) is 5.41 Å². The fourth-order valence-corrected chi connectivity index (χ4v) is 7.13. The molecule has 3 aromatic rings. The minimum atomic E-state index is 0.346. The third-order valence-electron chi connectivity index (χ3n) is 8.81. The molecule has 3 aromatic carbocycles. The second-order valence-corrected chi connectivity index (χ2v) is 13.2. The van der Waals surface area contributed by atoms with Gasteiger partial charge in [0.25, 0.3) is 0 Å². The van der Waals surface area contributed by atoms with Crippen LogP contribution < -0.4 is 5.32 Å². The zero-order valence-electron chi connectivity index (χ0n) is 24.0. The second-order valence-electron chi connectivity index (χ2n) is 11.9. The Balaban J connectivity index is 0.000000181. The maximum atomic E-state index is 6.17. The first-order valence-corrected chi connectivity index (χ1v) is 15.4. The van der Waals surface area contributed by atoms with Gasteiger partial charge in [-0.05, 0) is 106 Å². The molecule has 0 amide bonds. The molecule has 0 bridgehead atoms. The lowest BCUT2D eigenvalue weighted by atomic mass is 9.58. The molecule has 2 aliphatic rings. The van der Waals surface area contributed by atoms with Gasteiger partial charge in [0.05, 0.1) is 10.0 Å². The van der Waals surface area contributed by atoms with Crippen LogP contribution in [0.3, 0.4) is 0 Å². The first-order chi connectivity index (χ1) is 18.7. The third kappa shape index (κ3) is 6.85. The first-order valence-electron chi connectivity index (χ1n) is 14.3.